The van der Waals surface area contributed by atoms with Crippen LogP contribution in [0.3, 0.4) is 0 Å². The molecule has 116 valence electrons. The first-order valence-corrected chi connectivity index (χ1v) is 8.03. The molecule has 1 aliphatic rings. The summed E-state index contributed by atoms with van der Waals surface area (Å²) in [5.74, 6) is -0.939. The van der Waals surface area contributed by atoms with Gasteiger partial charge in [0.1, 0.15) is 5.69 Å². The molecule has 1 aromatic rings. The van der Waals surface area contributed by atoms with Crippen LogP contribution in [-0.4, -0.2) is 28.1 Å². The number of carbonyl (C=O) groups excluding carboxylic acids is 1. The van der Waals surface area contributed by atoms with Gasteiger partial charge in [-0.05, 0) is 40.3 Å². The quantitative estimate of drug-likeness (QED) is 0.851. The van der Waals surface area contributed by atoms with Gasteiger partial charge in [-0.15, -0.1) is 0 Å². The maximum atomic E-state index is 12.2. The summed E-state index contributed by atoms with van der Waals surface area (Å²) in [6, 6.07) is 1.76. The van der Waals surface area contributed by atoms with Gasteiger partial charge in [-0.2, -0.15) is 0 Å². The molecule has 1 aliphatic carbocycles. The molecule has 1 saturated carbocycles. The third kappa shape index (κ3) is 4.09. The van der Waals surface area contributed by atoms with Crippen LogP contribution < -0.4 is 5.32 Å². The lowest BCUT2D eigenvalue weighted by atomic mass is 9.71. The number of aliphatic carboxylic acids is 1. The van der Waals surface area contributed by atoms with Gasteiger partial charge >= 0.3 is 5.97 Å². The van der Waals surface area contributed by atoms with E-state index in [1.54, 1.807) is 10.6 Å². The van der Waals surface area contributed by atoms with Crippen molar-refractivity contribution in [1.82, 2.24) is 9.88 Å². The Hall–Kier alpha value is -1.30. The molecule has 1 aromatic heterocycles. The zero-order chi connectivity index (χ0) is 15.5. The molecule has 1 amide bonds. The van der Waals surface area contributed by atoms with Crippen LogP contribution in [0.1, 0.15) is 49.0 Å². The summed E-state index contributed by atoms with van der Waals surface area (Å²) in [4.78, 5) is 23.4. The molecule has 0 atom stereocenters. The van der Waals surface area contributed by atoms with E-state index < -0.39 is 5.97 Å². The topological polar surface area (TPSA) is 71.3 Å². The minimum absolute atomic E-state index is 0.129. The van der Waals surface area contributed by atoms with Crippen molar-refractivity contribution in [2.45, 2.75) is 38.5 Å². The van der Waals surface area contributed by atoms with E-state index in [4.69, 9.17) is 5.11 Å². The molecular formula is C15H21BrN2O3. The summed E-state index contributed by atoms with van der Waals surface area (Å²) in [6.45, 7) is 0.431. The standard InChI is InChI=1S/C15H21BrN2O3/c1-18-9-11(16)7-12(18)14(21)17-10-15(8-13(19)20)5-3-2-4-6-15/h7,9H,2-6,8,10H2,1H3,(H,17,21)(H,19,20). The number of amides is 1. The maximum absolute atomic E-state index is 12.2. The van der Waals surface area contributed by atoms with Crippen molar-refractivity contribution in [1.29, 1.82) is 0 Å². The highest BCUT2D eigenvalue weighted by molar-refractivity contribution is 9.10. The fourth-order valence-electron chi connectivity index (χ4n) is 3.15. The summed E-state index contributed by atoms with van der Waals surface area (Å²) < 4.78 is 2.61. The van der Waals surface area contributed by atoms with Crippen molar-refractivity contribution >= 4 is 27.8 Å². The Morgan fingerprint density at radius 3 is 2.57 bits per heavy atom. The van der Waals surface area contributed by atoms with Crippen molar-refractivity contribution in [3.63, 3.8) is 0 Å². The number of aromatic nitrogens is 1. The zero-order valence-corrected chi connectivity index (χ0v) is 13.8. The van der Waals surface area contributed by atoms with E-state index in [0.29, 0.717) is 12.2 Å². The molecule has 0 saturated heterocycles. The Kier molecular flexibility index (Phi) is 5.08. The lowest BCUT2D eigenvalue weighted by Crippen LogP contribution is -2.40. The number of hydrogen-bond donors (Lipinski definition) is 2. The third-order valence-electron chi connectivity index (χ3n) is 4.27. The van der Waals surface area contributed by atoms with Gasteiger partial charge in [-0.3, -0.25) is 9.59 Å². The molecule has 0 aliphatic heterocycles. The molecule has 21 heavy (non-hydrogen) atoms. The number of carboxylic acid groups (broad SMARTS) is 1. The first kappa shape index (κ1) is 16.1. The molecule has 1 heterocycles. The second-order valence-electron chi connectivity index (χ2n) is 5.97. The molecule has 5 nitrogen and oxygen atoms in total. The largest absolute Gasteiger partial charge is 0.481 e. The number of hydrogen-bond acceptors (Lipinski definition) is 2. The molecule has 2 rings (SSSR count). The normalized spacial score (nSPS) is 17.4. The van der Waals surface area contributed by atoms with Gasteiger partial charge in [-0.25, -0.2) is 0 Å². The monoisotopic (exact) mass is 356 g/mol. The van der Waals surface area contributed by atoms with E-state index in [0.717, 1.165) is 36.6 Å². The van der Waals surface area contributed by atoms with Crippen LogP contribution in [-0.2, 0) is 11.8 Å². The average molecular weight is 357 g/mol. The van der Waals surface area contributed by atoms with Gasteiger partial charge in [0.15, 0.2) is 0 Å². The van der Waals surface area contributed by atoms with E-state index in [9.17, 15) is 9.59 Å². The number of carbonyl (C=O) groups is 2. The third-order valence-corrected chi connectivity index (χ3v) is 4.70. The summed E-state index contributed by atoms with van der Waals surface area (Å²) in [7, 11) is 1.81. The van der Waals surface area contributed by atoms with Gasteiger partial charge in [-0.1, -0.05) is 19.3 Å². The minimum Gasteiger partial charge on any atom is -0.481 e. The van der Waals surface area contributed by atoms with E-state index in [1.165, 1.54) is 0 Å². The predicted octanol–water partition coefficient (Wildman–Crippen LogP) is 2.94. The van der Waals surface area contributed by atoms with Gasteiger partial charge in [0.05, 0.1) is 6.42 Å². The number of aryl methyl sites for hydroxylation is 1. The van der Waals surface area contributed by atoms with Gasteiger partial charge < -0.3 is 15.0 Å². The van der Waals surface area contributed by atoms with Crippen LogP contribution >= 0.6 is 15.9 Å². The number of rotatable bonds is 5. The van der Waals surface area contributed by atoms with Crippen LogP contribution in [0.4, 0.5) is 0 Å². The highest BCUT2D eigenvalue weighted by Crippen LogP contribution is 2.38. The number of halogens is 1. The van der Waals surface area contributed by atoms with Gasteiger partial charge in [0.25, 0.3) is 5.91 Å². The zero-order valence-electron chi connectivity index (χ0n) is 12.2. The molecular weight excluding hydrogens is 336 g/mol. The Labute approximate surface area is 132 Å². The summed E-state index contributed by atoms with van der Waals surface area (Å²) in [5.41, 5.74) is 0.283. The predicted molar refractivity (Wildman–Crippen MR) is 83.2 cm³/mol. The van der Waals surface area contributed by atoms with Crippen LogP contribution in [0.2, 0.25) is 0 Å². The summed E-state index contributed by atoms with van der Waals surface area (Å²) in [6.07, 6.45) is 6.93. The highest BCUT2D eigenvalue weighted by atomic mass is 79.9. The second-order valence-corrected chi connectivity index (χ2v) is 6.88. The molecule has 1 fully saturated rings. The van der Waals surface area contributed by atoms with Crippen LogP contribution in [0.5, 0.6) is 0 Å². The van der Waals surface area contributed by atoms with Crippen molar-refractivity contribution < 1.29 is 14.7 Å². The Morgan fingerprint density at radius 1 is 1.38 bits per heavy atom. The lowest BCUT2D eigenvalue weighted by Gasteiger charge is -2.36. The Morgan fingerprint density at radius 2 is 2.05 bits per heavy atom. The summed E-state index contributed by atoms with van der Waals surface area (Å²) in [5, 5.41) is 12.1. The fourth-order valence-corrected chi connectivity index (χ4v) is 3.67. The van der Waals surface area contributed by atoms with Gasteiger partial charge in [0.2, 0.25) is 0 Å². The molecule has 0 unspecified atom stereocenters. The van der Waals surface area contributed by atoms with E-state index in [1.807, 2.05) is 13.2 Å². The lowest BCUT2D eigenvalue weighted by molar-refractivity contribution is -0.140. The molecule has 2 N–H and O–H groups in total. The van der Waals surface area contributed by atoms with Crippen molar-refractivity contribution in [2.75, 3.05) is 6.54 Å². The molecule has 0 bridgehead atoms. The first-order valence-electron chi connectivity index (χ1n) is 7.24. The van der Waals surface area contributed by atoms with Crippen molar-refractivity contribution in [3.8, 4) is 0 Å². The van der Waals surface area contributed by atoms with Crippen LogP contribution in [0, 0.1) is 5.41 Å². The fraction of sp³-hybridized carbons (Fsp3) is 0.600. The van der Waals surface area contributed by atoms with Crippen LogP contribution in [0.15, 0.2) is 16.7 Å². The molecule has 0 radical (unpaired) electrons. The number of nitrogens with one attached hydrogen (secondary N) is 1. The van der Waals surface area contributed by atoms with E-state index >= 15 is 0 Å². The number of carboxylic acids is 1. The molecule has 0 spiro atoms. The number of nitrogens with zero attached hydrogens (tertiary/aromatic N) is 1. The molecule has 6 heteroatoms. The SMILES string of the molecule is Cn1cc(Br)cc1C(=O)NCC1(CC(=O)O)CCCCC1. The second kappa shape index (κ2) is 6.64. The summed E-state index contributed by atoms with van der Waals surface area (Å²) >= 11 is 3.34. The van der Waals surface area contributed by atoms with Crippen molar-refractivity contribution in [3.05, 3.63) is 22.4 Å². The first-order chi connectivity index (χ1) is 9.92. The van der Waals surface area contributed by atoms with Crippen molar-refractivity contribution in [2.24, 2.45) is 12.5 Å². The molecule has 0 aromatic carbocycles. The van der Waals surface area contributed by atoms with Gasteiger partial charge in [0, 0.05) is 24.3 Å². The average Bonchev–Trinajstić information content (AvgIpc) is 2.75. The van der Waals surface area contributed by atoms with E-state index in [2.05, 4.69) is 21.2 Å². The smallest absolute Gasteiger partial charge is 0.303 e. The Bertz CT molecular complexity index is 533. The minimum atomic E-state index is -0.784. The van der Waals surface area contributed by atoms with Crippen LogP contribution in [0.25, 0.3) is 0 Å². The Balaban J connectivity index is 2.02. The van der Waals surface area contributed by atoms with E-state index in [-0.39, 0.29) is 17.7 Å². The highest BCUT2D eigenvalue weighted by Gasteiger charge is 2.34. The maximum Gasteiger partial charge on any atom is 0.303 e.